The quantitative estimate of drug-likeness (QED) is 0.596. The van der Waals surface area contributed by atoms with Crippen LogP contribution in [0.2, 0.25) is 0 Å². The second-order valence-corrected chi connectivity index (χ2v) is 4.34. The van der Waals surface area contributed by atoms with Crippen LogP contribution >= 0.6 is 0 Å². The molecule has 0 spiro atoms. The van der Waals surface area contributed by atoms with Crippen LogP contribution in [0.1, 0.15) is 5.56 Å². The van der Waals surface area contributed by atoms with Gasteiger partial charge in [0.05, 0.1) is 13.7 Å². The Balaban J connectivity index is 2.01. The van der Waals surface area contributed by atoms with Crippen molar-refractivity contribution in [2.24, 2.45) is 10.7 Å². The highest BCUT2D eigenvalue weighted by molar-refractivity contribution is 5.92. The topological polar surface area (TPSA) is 79.9 Å². The molecule has 0 bridgehead atoms. The van der Waals surface area contributed by atoms with Gasteiger partial charge in [-0.2, -0.15) is 0 Å². The number of phenols is 1. The molecule has 0 heterocycles. The molecule has 0 fully saturated rings. The first-order valence-electron chi connectivity index (χ1n) is 6.27. The summed E-state index contributed by atoms with van der Waals surface area (Å²) in [6.45, 7) is 0.208. The van der Waals surface area contributed by atoms with Crippen molar-refractivity contribution in [3.05, 3.63) is 53.8 Å². The molecule has 2 rings (SSSR count). The Bertz CT molecular complexity index is 659. The number of hydrogen-bond donors (Lipinski definition) is 3. The third kappa shape index (κ3) is 4.10. The summed E-state index contributed by atoms with van der Waals surface area (Å²) in [5.74, 6) is -0.155. The number of anilines is 1. The Kier molecular flexibility index (Phi) is 4.61. The van der Waals surface area contributed by atoms with E-state index in [9.17, 15) is 4.39 Å². The number of hydrogen-bond acceptors (Lipinski definition) is 3. The van der Waals surface area contributed by atoms with Gasteiger partial charge in [-0.1, -0.05) is 12.1 Å². The minimum Gasteiger partial charge on any atom is -0.505 e. The van der Waals surface area contributed by atoms with Crippen LogP contribution in [0.5, 0.6) is 11.5 Å². The van der Waals surface area contributed by atoms with E-state index in [4.69, 9.17) is 15.6 Å². The fourth-order valence-electron chi connectivity index (χ4n) is 1.71. The number of rotatable bonds is 4. The minimum atomic E-state index is -0.679. The van der Waals surface area contributed by atoms with Crippen molar-refractivity contribution in [1.82, 2.24) is 0 Å². The second-order valence-electron chi connectivity index (χ2n) is 4.34. The van der Waals surface area contributed by atoms with Crippen molar-refractivity contribution in [2.75, 3.05) is 12.4 Å². The van der Waals surface area contributed by atoms with Gasteiger partial charge >= 0.3 is 0 Å². The molecule has 0 aromatic heterocycles. The minimum absolute atomic E-state index is 0.205. The SMILES string of the molecule is COc1cccc(NC(N)=NCc2ccc(O)c(F)c2)c1. The molecule has 2 aromatic rings. The standard InChI is InChI=1S/C15H16FN3O2/c1-21-12-4-2-3-11(8-12)19-15(17)18-9-10-5-6-14(20)13(16)7-10/h2-8,20H,9H2,1H3,(H3,17,18,19). The van der Waals surface area contributed by atoms with E-state index in [0.717, 1.165) is 5.69 Å². The summed E-state index contributed by atoms with van der Waals surface area (Å²) in [5.41, 5.74) is 7.12. The maximum absolute atomic E-state index is 13.2. The van der Waals surface area contributed by atoms with Gasteiger partial charge in [0.25, 0.3) is 0 Å². The number of ether oxygens (including phenoxy) is 1. The van der Waals surface area contributed by atoms with Crippen molar-refractivity contribution in [1.29, 1.82) is 0 Å². The molecule has 0 saturated heterocycles. The second kappa shape index (κ2) is 6.60. The fraction of sp³-hybridized carbons (Fsp3) is 0.133. The predicted octanol–water partition coefficient (Wildman–Crippen LogP) is 2.47. The first kappa shape index (κ1) is 14.6. The first-order valence-corrected chi connectivity index (χ1v) is 6.27. The van der Waals surface area contributed by atoms with E-state index in [-0.39, 0.29) is 18.3 Å². The highest BCUT2D eigenvalue weighted by atomic mass is 19.1. The molecule has 0 aliphatic carbocycles. The number of benzene rings is 2. The number of methoxy groups -OCH3 is 1. The van der Waals surface area contributed by atoms with Gasteiger partial charge < -0.3 is 20.9 Å². The number of aromatic hydroxyl groups is 1. The number of nitrogens with two attached hydrogens (primary N) is 1. The van der Waals surface area contributed by atoms with Crippen LogP contribution in [0.15, 0.2) is 47.5 Å². The van der Waals surface area contributed by atoms with E-state index in [0.29, 0.717) is 11.3 Å². The number of halogens is 1. The summed E-state index contributed by atoms with van der Waals surface area (Å²) < 4.78 is 18.3. The normalized spacial score (nSPS) is 11.2. The number of nitrogens with one attached hydrogen (secondary N) is 1. The highest BCUT2D eigenvalue weighted by Crippen LogP contribution is 2.17. The zero-order valence-corrected chi connectivity index (χ0v) is 11.5. The van der Waals surface area contributed by atoms with E-state index in [1.165, 1.54) is 12.1 Å². The van der Waals surface area contributed by atoms with Gasteiger partial charge in [-0.05, 0) is 29.8 Å². The van der Waals surface area contributed by atoms with E-state index >= 15 is 0 Å². The number of phenolic OH excluding ortho intramolecular Hbond substituents is 1. The van der Waals surface area contributed by atoms with Gasteiger partial charge in [-0.25, -0.2) is 9.38 Å². The molecule has 4 N–H and O–H groups in total. The summed E-state index contributed by atoms with van der Waals surface area (Å²) in [7, 11) is 1.58. The molecule has 0 unspecified atom stereocenters. The average molecular weight is 289 g/mol. The van der Waals surface area contributed by atoms with Gasteiger partial charge in [-0.3, -0.25) is 0 Å². The van der Waals surface area contributed by atoms with Gasteiger partial charge in [-0.15, -0.1) is 0 Å². The van der Waals surface area contributed by atoms with Crippen molar-refractivity contribution < 1.29 is 14.2 Å². The molecule has 0 atom stereocenters. The largest absolute Gasteiger partial charge is 0.505 e. The number of guanidine groups is 1. The summed E-state index contributed by atoms with van der Waals surface area (Å²) >= 11 is 0. The molecule has 21 heavy (non-hydrogen) atoms. The van der Waals surface area contributed by atoms with Crippen LogP contribution in [0.3, 0.4) is 0 Å². The Morgan fingerprint density at radius 2 is 2.14 bits per heavy atom. The average Bonchev–Trinajstić information content (AvgIpc) is 2.48. The van der Waals surface area contributed by atoms with Crippen LogP contribution in [0, 0.1) is 5.82 Å². The van der Waals surface area contributed by atoms with Crippen molar-refractivity contribution in [3.8, 4) is 11.5 Å². The number of nitrogens with zero attached hydrogens (tertiary/aromatic N) is 1. The zero-order chi connectivity index (χ0) is 15.2. The smallest absolute Gasteiger partial charge is 0.193 e. The molecule has 6 heteroatoms. The van der Waals surface area contributed by atoms with Gasteiger partial charge in [0.15, 0.2) is 17.5 Å². The third-order valence-electron chi connectivity index (χ3n) is 2.79. The maximum Gasteiger partial charge on any atom is 0.193 e. The van der Waals surface area contributed by atoms with E-state index < -0.39 is 5.82 Å². The molecule has 2 aromatic carbocycles. The Labute approximate surface area is 121 Å². The molecule has 0 aliphatic rings. The van der Waals surface area contributed by atoms with Crippen LogP contribution < -0.4 is 15.8 Å². The van der Waals surface area contributed by atoms with E-state index in [1.807, 2.05) is 18.2 Å². The maximum atomic E-state index is 13.2. The first-order chi connectivity index (χ1) is 10.1. The lowest BCUT2D eigenvalue weighted by atomic mass is 10.2. The van der Waals surface area contributed by atoms with Gasteiger partial charge in [0.1, 0.15) is 5.75 Å². The lowest BCUT2D eigenvalue weighted by molar-refractivity contribution is 0.415. The van der Waals surface area contributed by atoms with Gasteiger partial charge in [0.2, 0.25) is 0 Å². The molecule has 0 radical (unpaired) electrons. The van der Waals surface area contributed by atoms with Crippen molar-refractivity contribution in [2.45, 2.75) is 6.54 Å². The molecule has 110 valence electrons. The van der Waals surface area contributed by atoms with E-state index in [2.05, 4.69) is 10.3 Å². The number of aliphatic imine (C=N–C) groups is 1. The third-order valence-corrected chi connectivity index (χ3v) is 2.79. The van der Waals surface area contributed by atoms with Crippen molar-refractivity contribution in [3.63, 3.8) is 0 Å². The summed E-state index contributed by atoms with van der Waals surface area (Å²) in [5, 5.41) is 12.0. The Morgan fingerprint density at radius 1 is 1.33 bits per heavy atom. The van der Waals surface area contributed by atoms with Crippen LogP contribution in [-0.2, 0) is 6.54 Å². The monoisotopic (exact) mass is 289 g/mol. The molecular weight excluding hydrogens is 273 g/mol. The zero-order valence-electron chi connectivity index (χ0n) is 11.5. The molecule has 5 nitrogen and oxygen atoms in total. The summed E-state index contributed by atoms with van der Waals surface area (Å²) in [6, 6.07) is 11.3. The highest BCUT2D eigenvalue weighted by Gasteiger charge is 2.02. The Hall–Kier alpha value is -2.76. The van der Waals surface area contributed by atoms with Crippen LogP contribution in [0.4, 0.5) is 10.1 Å². The lowest BCUT2D eigenvalue weighted by Crippen LogP contribution is -2.22. The lowest BCUT2D eigenvalue weighted by Gasteiger charge is -2.07. The van der Waals surface area contributed by atoms with Crippen molar-refractivity contribution >= 4 is 11.6 Å². The van der Waals surface area contributed by atoms with Gasteiger partial charge in [0, 0.05) is 11.8 Å². The van der Waals surface area contributed by atoms with E-state index in [1.54, 1.807) is 19.2 Å². The van der Waals surface area contributed by atoms with Crippen LogP contribution in [-0.4, -0.2) is 18.2 Å². The molecule has 0 saturated carbocycles. The Morgan fingerprint density at radius 3 is 2.86 bits per heavy atom. The predicted molar refractivity (Wildman–Crippen MR) is 80.0 cm³/mol. The molecule has 0 amide bonds. The fourth-order valence-corrected chi connectivity index (χ4v) is 1.71. The summed E-state index contributed by atoms with van der Waals surface area (Å²) in [4.78, 5) is 4.11. The summed E-state index contributed by atoms with van der Waals surface area (Å²) in [6.07, 6.45) is 0. The van der Waals surface area contributed by atoms with Crippen LogP contribution in [0.25, 0.3) is 0 Å². The molecule has 0 aliphatic heterocycles. The molecular formula is C15H16FN3O2.